The second-order valence-electron chi connectivity index (χ2n) is 3.92. The van der Waals surface area contributed by atoms with Crippen molar-refractivity contribution in [1.82, 2.24) is 15.0 Å². The molecule has 0 aliphatic carbocycles. The molecular weight excluding hydrogens is 228 g/mol. The van der Waals surface area contributed by atoms with Gasteiger partial charge in [0.2, 0.25) is 0 Å². The first-order valence-corrected chi connectivity index (χ1v) is 5.43. The number of fused-ring (bicyclic) bond motifs is 1. The Hall–Kier alpha value is -2.69. The molecule has 0 spiro atoms. The summed E-state index contributed by atoms with van der Waals surface area (Å²) >= 11 is 0. The number of nitrogens with zero attached hydrogens (tertiary/aromatic N) is 2. The number of carbonyl (C=O) groups excluding carboxylic acids is 1. The second-order valence-corrected chi connectivity index (χ2v) is 3.92. The van der Waals surface area contributed by atoms with Crippen LogP contribution in [-0.4, -0.2) is 21.2 Å². The van der Waals surface area contributed by atoms with Crippen molar-refractivity contribution in [2.75, 3.05) is 5.73 Å². The lowest BCUT2D eigenvalue weighted by Crippen LogP contribution is -1.92. The van der Waals surface area contributed by atoms with Crippen LogP contribution in [0.1, 0.15) is 10.4 Å². The largest absolute Gasteiger partial charge is 0.383 e. The number of aromatic nitrogens is 3. The minimum absolute atomic E-state index is 0.440. The number of rotatable bonds is 2. The van der Waals surface area contributed by atoms with E-state index in [-0.39, 0.29) is 0 Å². The number of aldehydes is 1. The number of nitrogen functional groups attached to an aromatic ring is 1. The number of nitrogens with one attached hydrogen (secondary N) is 1. The third-order valence-electron chi connectivity index (χ3n) is 2.86. The van der Waals surface area contributed by atoms with Gasteiger partial charge in [-0.2, -0.15) is 0 Å². The third kappa shape index (κ3) is 1.53. The average molecular weight is 238 g/mol. The zero-order valence-corrected chi connectivity index (χ0v) is 9.42. The lowest BCUT2D eigenvalue weighted by Gasteiger charge is -2.01. The van der Waals surface area contributed by atoms with Crippen molar-refractivity contribution in [1.29, 1.82) is 0 Å². The van der Waals surface area contributed by atoms with E-state index in [0.29, 0.717) is 17.0 Å². The predicted octanol–water partition coefficient (Wildman–Crippen LogP) is 2.02. The fraction of sp³-hybridized carbons (Fsp3) is 0. The second kappa shape index (κ2) is 3.96. The Bertz CT molecular complexity index is 715. The molecule has 5 heteroatoms. The van der Waals surface area contributed by atoms with Gasteiger partial charge in [-0.15, -0.1) is 0 Å². The fourth-order valence-electron chi connectivity index (χ4n) is 1.96. The van der Waals surface area contributed by atoms with E-state index in [1.54, 1.807) is 12.1 Å². The Balaban J connectivity index is 2.21. The normalized spacial score (nSPS) is 10.7. The summed E-state index contributed by atoms with van der Waals surface area (Å²) in [5.41, 5.74) is 9.11. The third-order valence-corrected chi connectivity index (χ3v) is 2.86. The van der Waals surface area contributed by atoms with E-state index in [0.717, 1.165) is 22.8 Å². The molecule has 0 amide bonds. The number of carbonyl (C=O) groups is 1. The van der Waals surface area contributed by atoms with Crippen molar-refractivity contribution in [3.63, 3.8) is 0 Å². The summed E-state index contributed by atoms with van der Waals surface area (Å²) in [6.45, 7) is 0. The Morgan fingerprint density at radius 1 is 1.17 bits per heavy atom. The van der Waals surface area contributed by atoms with E-state index >= 15 is 0 Å². The van der Waals surface area contributed by atoms with Crippen LogP contribution in [0.4, 0.5) is 5.82 Å². The Labute approximate surface area is 103 Å². The first kappa shape index (κ1) is 10.5. The van der Waals surface area contributed by atoms with Crippen LogP contribution >= 0.6 is 0 Å². The minimum atomic E-state index is 0.440. The molecule has 0 atom stereocenters. The lowest BCUT2D eigenvalue weighted by molar-refractivity contribution is 0.112. The molecule has 5 nitrogen and oxygen atoms in total. The van der Waals surface area contributed by atoms with Crippen molar-refractivity contribution < 1.29 is 4.79 Å². The standard InChI is InChI=1S/C13H10N4O/c14-12-11-10(5-15-13(11)17-7-16-12)9-3-1-8(6-18)2-4-9/h1-7H,(H3,14,15,16,17). The topological polar surface area (TPSA) is 84.7 Å². The maximum atomic E-state index is 10.6. The highest BCUT2D eigenvalue weighted by Crippen LogP contribution is 2.30. The molecule has 0 aliphatic rings. The number of hydrogen-bond acceptors (Lipinski definition) is 4. The molecule has 0 unspecified atom stereocenters. The molecule has 0 aliphatic heterocycles. The first-order valence-electron chi connectivity index (χ1n) is 5.43. The number of anilines is 1. The van der Waals surface area contributed by atoms with E-state index in [1.165, 1.54) is 6.33 Å². The van der Waals surface area contributed by atoms with Crippen LogP contribution in [0, 0.1) is 0 Å². The number of nitrogens with two attached hydrogens (primary N) is 1. The summed E-state index contributed by atoms with van der Waals surface area (Å²) in [6.07, 6.45) is 4.08. The Morgan fingerprint density at radius 2 is 1.94 bits per heavy atom. The zero-order chi connectivity index (χ0) is 12.5. The molecule has 0 saturated heterocycles. The number of H-pyrrole nitrogens is 1. The van der Waals surface area contributed by atoms with Gasteiger partial charge in [-0.3, -0.25) is 4.79 Å². The smallest absolute Gasteiger partial charge is 0.150 e. The summed E-state index contributed by atoms with van der Waals surface area (Å²) in [4.78, 5) is 21.8. The molecule has 0 radical (unpaired) electrons. The van der Waals surface area contributed by atoms with Crippen LogP contribution in [0.15, 0.2) is 36.8 Å². The van der Waals surface area contributed by atoms with Crippen molar-refractivity contribution in [2.24, 2.45) is 0 Å². The van der Waals surface area contributed by atoms with Crippen LogP contribution in [0.25, 0.3) is 22.2 Å². The van der Waals surface area contributed by atoms with Gasteiger partial charge >= 0.3 is 0 Å². The van der Waals surface area contributed by atoms with Gasteiger partial charge in [0.15, 0.2) is 0 Å². The van der Waals surface area contributed by atoms with Crippen LogP contribution in [0.5, 0.6) is 0 Å². The maximum absolute atomic E-state index is 10.6. The van der Waals surface area contributed by atoms with E-state index < -0.39 is 0 Å². The quantitative estimate of drug-likeness (QED) is 0.669. The highest BCUT2D eigenvalue weighted by Gasteiger charge is 2.10. The van der Waals surface area contributed by atoms with Gasteiger partial charge in [-0.05, 0) is 5.56 Å². The molecule has 3 aromatic rings. The van der Waals surface area contributed by atoms with E-state index in [2.05, 4.69) is 15.0 Å². The summed E-state index contributed by atoms with van der Waals surface area (Å²) < 4.78 is 0. The van der Waals surface area contributed by atoms with Gasteiger partial charge in [0.05, 0.1) is 5.39 Å². The molecule has 1 aromatic carbocycles. The summed E-state index contributed by atoms with van der Waals surface area (Å²) in [7, 11) is 0. The van der Waals surface area contributed by atoms with Gasteiger partial charge in [-0.25, -0.2) is 9.97 Å². The molecule has 3 N–H and O–H groups in total. The Kier molecular flexibility index (Phi) is 2.30. The molecular formula is C13H10N4O. The number of benzene rings is 1. The van der Waals surface area contributed by atoms with Gasteiger partial charge in [0, 0.05) is 17.3 Å². The van der Waals surface area contributed by atoms with E-state index in [4.69, 9.17) is 5.73 Å². The van der Waals surface area contributed by atoms with E-state index in [1.807, 2.05) is 18.3 Å². The minimum Gasteiger partial charge on any atom is -0.383 e. The fourth-order valence-corrected chi connectivity index (χ4v) is 1.96. The highest BCUT2D eigenvalue weighted by molar-refractivity contribution is 6.00. The van der Waals surface area contributed by atoms with Crippen molar-refractivity contribution in [3.05, 3.63) is 42.4 Å². The molecule has 0 fully saturated rings. The van der Waals surface area contributed by atoms with Gasteiger partial charge in [-0.1, -0.05) is 24.3 Å². The van der Waals surface area contributed by atoms with E-state index in [9.17, 15) is 4.79 Å². The lowest BCUT2D eigenvalue weighted by atomic mass is 10.0. The molecule has 0 bridgehead atoms. The molecule has 2 aromatic heterocycles. The van der Waals surface area contributed by atoms with Crippen LogP contribution in [0.3, 0.4) is 0 Å². The molecule has 0 saturated carbocycles. The summed E-state index contributed by atoms with van der Waals surface area (Å²) in [5, 5.41) is 0.802. The molecule has 2 heterocycles. The summed E-state index contributed by atoms with van der Waals surface area (Å²) in [6, 6.07) is 7.28. The highest BCUT2D eigenvalue weighted by atomic mass is 16.1. The van der Waals surface area contributed by atoms with Crippen molar-refractivity contribution in [2.45, 2.75) is 0 Å². The number of aromatic amines is 1. The van der Waals surface area contributed by atoms with Gasteiger partial charge < -0.3 is 10.7 Å². The molecule has 18 heavy (non-hydrogen) atoms. The summed E-state index contributed by atoms with van der Waals surface area (Å²) in [5.74, 6) is 0.440. The van der Waals surface area contributed by atoms with Crippen LogP contribution < -0.4 is 5.73 Å². The van der Waals surface area contributed by atoms with Crippen LogP contribution in [-0.2, 0) is 0 Å². The van der Waals surface area contributed by atoms with Gasteiger partial charge in [0.25, 0.3) is 0 Å². The Morgan fingerprint density at radius 3 is 2.67 bits per heavy atom. The molecule has 88 valence electrons. The number of hydrogen-bond donors (Lipinski definition) is 2. The monoisotopic (exact) mass is 238 g/mol. The van der Waals surface area contributed by atoms with Gasteiger partial charge in [0.1, 0.15) is 24.1 Å². The predicted molar refractivity (Wildman–Crippen MR) is 69.1 cm³/mol. The molecule has 3 rings (SSSR count). The van der Waals surface area contributed by atoms with Crippen LogP contribution in [0.2, 0.25) is 0 Å². The first-order chi connectivity index (χ1) is 8.79. The van der Waals surface area contributed by atoms with Crippen molar-refractivity contribution >= 4 is 23.1 Å². The zero-order valence-electron chi connectivity index (χ0n) is 9.42. The average Bonchev–Trinajstić information content (AvgIpc) is 2.84. The maximum Gasteiger partial charge on any atom is 0.150 e. The SMILES string of the molecule is Nc1ncnc2[nH]cc(-c3ccc(C=O)cc3)c12. The van der Waals surface area contributed by atoms with Crippen molar-refractivity contribution in [3.8, 4) is 11.1 Å².